The van der Waals surface area contributed by atoms with Crippen molar-refractivity contribution in [3.05, 3.63) is 29.8 Å². The fourth-order valence-electron chi connectivity index (χ4n) is 3.50. The zero-order valence-electron chi connectivity index (χ0n) is 17.6. The molecule has 6 nitrogen and oxygen atoms in total. The third-order valence-electron chi connectivity index (χ3n) is 5.16. The smallest absolute Gasteiger partial charge is 0.191 e. The molecule has 1 heterocycles. The van der Waals surface area contributed by atoms with Crippen LogP contribution in [0, 0.1) is 5.92 Å². The Kier molecular flexibility index (Phi) is 9.25. The predicted octanol–water partition coefficient (Wildman–Crippen LogP) is 2.31. The van der Waals surface area contributed by atoms with Crippen molar-refractivity contribution in [2.75, 3.05) is 45.5 Å². The summed E-state index contributed by atoms with van der Waals surface area (Å²) in [5.74, 6) is 1.54. The van der Waals surface area contributed by atoms with Gasteiger partial charge in [0.2, 0.25) is 0 Å². The fourth-order valence-corrected chi connectivity index (χ4v) is 4.13. The second-order valence-electron chi connectivity index (χ2n) is 7.60. The Morgan fingerprint density at radius 3 is 2.39 bits per heavy atom. The lowest BCUT2D eigenvalue weighted by atomic mass is 9.97. The van der Waals surface area contributed by atoms with E-state index in [1.165, 1.54) is 45.2 Å². The van der Waals surface area contributed by atoms with Crippen molar-refractivity contribution >= 4 is 15.8 Å². The number of rotatable bonds is 9. The van der Waals surface area contributed by atoms with E-state index in [4.69, 9.17) is 4.99 Å². The molecule has 0 atom stereocenters. The largest absolute Gasteiger partial charge is 0.357 e. The molecule has 0 bridgehead atoms. The first-order chi connectivity index (χ1) is 13.4. The van der Waals surface area contributed by atoms with Gasteiger partial charge in [0.15, 0.2) is 15.8 Å². The van der Waals surface area contributed by atoms with E-state index in [0.717, 1.165) is 37.6 Å². The van der Waals surface area contributed by atoms with Gasteiger partial charge in [-0.3, -0.25) is 4.99 Å². The third-order valence-corrected chi connectivity index (χ3v) is 6.28. The van der Waals surface area contributed by atoms with Crippen LogP contribution in [0.4, 0.5) is 0 Å². The van der Waals surface area contributed by atoms with Gasteiger partial charge in [-0.25, -0.2) is 8.42 Å². The summed E-state index contributed by atoms with van der Waals surface area (Å²) in [6, 6.07) is 7.11. The number of piperidine rings is 1. The Labute approximate surface area is 170 Å². The van der Waals surface area contributed by atoms with Gasteiger partial charge < -0.3 is 15.5 Å². The maximum atomic E-state index is 11.5. The molecule has 2 N–H and O–H groups in total. The standard InChI is InChI=1S/C21H36N4O2S/c1-4-14-25-15-11-19(12-16-25)17-24-21(22-5-2)23-13-10-18-6-8-20(9-7-18)28(3,26)27/h6-9,19H,4-5,10-17H2,1-3H3,(H2,22,23,24). The highest BCUT2D eigenvalue weighted by Crippen LogP contribution is 2.17. The number of nitrogens with zero attached hydrogens (tertiary/aromatic N) is 2. The van der Waals surface area contributed by atoms with E-state index in [1.807, 2.05) is 12.1 Å². The van der Waals surface area contributed by atoms with Crippen molar-refractivity contribution in [1.29, 1.82) is 0 Å². The van der Waals surface area contributed by atoms with Crippen LogP contribution in [0.2, 0.25) is 0 Å². The molecule has 0 aliphatic carbocycles. The van der Waals surface area contributed by atoms with Gasteiger partial charge in [0.05, 0.1) is 4.90 Å². The number of guanidine groups is 1. The number of aliphatic imine (C=N–C) groups is 1. The van der Waals surface area contributed by atoms with Crippen LogP contribution in [0.25, 0.3) is 0 Å². The van der Waals surface area contributed by atoms with E-state index < -0.39 is 9.84 Å². The van der Waals surface area contributed by atoms with E-state index in [-0.39, 0.29) is 0 Å². The molecule has 1 aromatic rings. The molecule has 0 spiro atoms. The van der Waals surface area contributed by atoms with Crippen LogP contribution in [0.1, 0.15) is 38.7 Å². The summed E-state index contributed by atoms with van der Waals surface area (Å²) in [6.45, 7) is 10.4. The Balaban J connectivity index is 1.78. The minimum absolute atomic E-state index is 0.365. The van der Waals surface area contributed by atoms with Crippen molar-refractivity contribution in [2.45, 2.75) is 44.4 Å². The minimum Gasteiger partial charge on any atom is -0.357 e. The van der Waals surface area contributed by atoms with E-state index in [2.05, 4.69) is 29.4 Å². The summed E-state index contributed by atoms with van der Waals surface area (Å²) in [5.41, 5.74) is 1.11. The lowest BCUT2D eigenvalue weighted by Crippen LogP contribution is -2.39. The van der Waals surface area contributed by atoms with Crippen molar-refractivity contribution in [1.82, 2.24) is 15.5 Å². The molecule has 1 fully saturated rings. The van der Waals surface area contributed by atoms with Crippen LogP contribution in [0.5, 0.6) is 0 Å². The second kappa shape index (κ2) is 11.4. The molecular formula is C21H36N4O2S. The highest BCUT2D eigenvalue weighted by molar-refractivity contribution is 7.90. The van der Waals surface area contributed by atoms with Crippen LogP contribution in [-0.4, -0.2) is 64.8 Å². The molecule has 0 amide bonds. The molecule has 158 valence electrons. The third kappa shape index (κ3) is 7.80. The van der Waals surface area contributed by atoms with E-state index in [1.54, 1.807) is 12.1 Å². The number of hydrogen-bond donors (Lipinski definition) is 2. The predicted molar refractivity (Wildman–Crippen MR) is 117 cm³/mol. The topological polar surface area (TPSA) is 73.8 Å². The molecule has 28 heavy (non-hydrogen) atoms. The van der Waals surface area contributed by atoms with Crippen molar-refractivity contribution in [3.63, 3.8) is 0 Å². The Morgan fingerprint density at radius 2 is 1.82 bits per heavy atom. The van der Waals surface area contributed by atoms with Gasteiger partial charge in [-0.15, -0.1) is 0 Å². The maximum absolute atomic E-state index is 11.5. The summed E-state index contributed by atoms with van der Waals surface area (Å²) in [4.78, 5) is 7.70. The number of benzene rings is 1. The minimum atomic E-state index is -3.13. The molecule has 1 saturated heterocycles. The summed E-state index contributed by atoms with van der Waals surface area (Å²) < 4.78 is 23.1. The molecule has 7 heteroatoms. The van der Waals surface area contributed by atoms with Crippen LogP contribution >= 0.6 is 0 Å². The lowest BCUT2D eigenvalue weighted by Gasteiger charge is -2.31. The van der Waals surface area contributed by atoms with Gasteiger partial charge in [-0.05, 0) is 75.9 Å². The van der Waals surface area contributed by atoms with Crippen LogP contribution in [0.3, 0.4) is 0 Å². The average molecular weight is 409 g/mol. The number of hydrogen-bond acceptors (Lipinski definition) is 4. The van der Waals surface area contributed by atoms with Gasteiger partial charge in [0, 0.05) is 25.9 Å². The number of sulfone groups is 1. The van der Waals surface area contributed by atoms with Gasteiger partial charge in [0.1, 0.15) is 0 Å². The Morgan fingerprint density at radius 1 is 1.14 bits per heavy atom. The molecule has 2 rings (SSSR count). The van der Waals surface area contributed by atoms with Gasteiger partial charge >= 0.3 is 0 Å². The lowest BCUT2D eigenvalue weighted by molar-refractivity contribution is 0.188. The Bertz CT molecular complexity index is 708. The van der Waals surface area contributed by atoms with Crippen molar-refractivity contribution in [3.8, 4) is 0 Å². The Hall–Kier alpha value is -1.60. The first-order valence-electron chi connectivity index (χ1n) is 10.5. The zero-order valence-corrected chi connectivity index (χ0v) is 18.4. The molecular weight excluding hydrogens is 372 g/mol. The highest BCUT2D eigenvalue weighted by atomic mass is 32.2. The van der Waals surface area contributed by atoms with Crippen LogP contribution in [0.15, 0.2) is 34.2 Å². The normalized spacial score (nSPS) is 16.9. The highest BCUT2D eigenvalue weighted by Gasteiger charge is 2.18. The first kappa shape index (κ1) is 22.7. The number of likely N-dealkylation sites (tertiary alicyclic amines) is 1. The molecule has 1 aromatic carbocycles. The zero-order chi connectivity index (χ0) is 20.4. The quantitative estimate of drug-likeness (QED) is 0.485. The fraction of sp³-hybridized carbons (Fsp3) is 0.667. The van der Waals surface area contributed by atoms with E-state index >= 15 is 0 Å². The SMILES string of the molecule is CCCN1CCC(CN=C(NCC)NCCc2ccc(S(C)(=O)=O)cc2)CC1. The van der Waals surface area contributed by atoms with Gasteiger partial charge in [0.25, 0.3) is 0 Å². The van der Waals surface area contributed by atoms with E-state index in [9.17, 15) is 8.42 Å². The molecule has 0 unspecified atom stereocenters. The van der Waals surface area contributed by atoms with Crippen molar-refractivity contribution < 1.29 is 8.42 Å². The van der Waals surface area contributed by atoms with Gasteiger partial charge in [-0.2, -0.15) is 0 Å². The maximum Gasteiger partial charge on any atom is 0.191 e. The average Bonchev–Trinajstić information content (AvgIpc) is 2.67. The second-order valence-corrected chi connectivity index (χ2v) is 9.61. The number of nitrogens with one attached hydrogen (secondary N) is 2. The molecule has 0 aromatic heterocycles. The molecule has 1 aliphatic rings. The van der Waals surface area contributed by atoms with Gasteiger partial charge in [-0.1, -0.05) is 19.1 Å². The monoisotopic (exact) mass is 408 g/mol. The van der Waals surface area contributed by atoms with Crippen LogP contribution < -0.4 is 10.6 Å². The summed E-state index contributed by atoms with van der Waals surface area (Å²) >= 11 is 0. The van der Waals surface area contributed by atoms with E-state index in [0.29, 0.717) is 10.8 Å². The summed E-state index contributed by atoms with van der Waals surface area (Å²) in [7, 11) is -3.13. The van der Waals surface area contributed by atoms with Crippen molar-refractivity contribution in [2.24, 2.45) is 10.9 Å². The van der Waals surface area contributed by atoms with Crippen LogP contribution in [-0.2, 0) is 16.3 Å². The molecule has 0 radical (unpaired) electrons. The summed E-state index contributed by atoms with van der Waals surface area (Å²) in [6.07, 6.45) is 5.75. The molecule has 0 saturated carbocycles. The summed E-state index contributed by atoms with van der Waals surface area (Å²) in [5, 5.41) is 6.71. The first-order valence-corrected chi connectivity index (χ1v) is 12.3. The molecule has 1 aliphatic heterocycles.